The fourth-order valence-corrected chi connectivity index (χ4v) is 2.70. The van der Waals surface area contributed by atoms with Gasteiger partial charge in [0.1, 0.15) is 0 Å². The van der Waals surface area contributed by atoms with Crippen molar-refractivity contribution in [2.24, 2.45) is 5.41 Å². The molecule has 1 nitrogen and oxygen atoms in total. The lowest BCUT2D eigenvalue weighted by molar-refractivity contribution is 0.373. The molecule has 0 aromatic heterocycles. The predicted octanol–water partition coefficient (Wildman–Crippen LogP) is 6.89. The molecule has 0 saturated carbocycles. The normalized spacial score (nSPS) is 13.4. The van der Waals surface area contributed by atoms with Crippen LogP contribution in [0.25, 0.3) is 5.57 Å². The van der Waals surface area contributed by atoms with Crippen LogP contribution in [0, 0.1) is 10.8 Å². The number of allylic oxidation sites excluding steroid dienone is 1. The van der Waals surface area contributed by atoms with Crippen LogP contribution in [0.2, 0.25) is 0 Å². The van der Waals surface area contributed by atoms with E-state index in [4.69, 9.17) is 5.41 Å². The Morgan fingerprint density at radius 3 is 2.32 bits per heavy atom. The molecule has 0 atom stereocenters. The quantitative estimate of drug-likeness (QED) is 0.614. The zero-order chi connectivity index (χ0) is 16.0. The van der Waals surface area contributed by atoms with Crippen molar-refractivity contribution in [1.82, 2.24) is 0 Å². The molecule has 1 aromatic rings. The first-order valence-electron chi connectivity index (χ1n) is 8.11. The predicted molar refractivity (Wildman–Crippen MR) is 102 cm³/mol. The van der Waals surface area contributed by atoms with Gasteiger partial charge in [-0.15, -0.1) is 0 Å². The van der Waals surface area contributed by atoms with Gasteiger partial charge in [-0.3, -0.25) is 0 Å². The van der Waals surface area contributed by atoms with Crippen molar-refractivity contribution >= 4 is 11.3 Å². The van der Waals surface area contributed by atoms with Crippen molar-refractivity contribution in [3.63, 3.8) is 0 Å². The van der Waals surface area contributed by atoms with Crippen LogP contribution in [0.4, 0.5) is 0 Å². The fraction of sp³-hybridized carbons (Fsp3) is 0.571. The van der Waals surface area contributed by atoms with E-state index in [0.29, 0.717) is 5.41 Å². The zero-order valence-electron chi connectivity index (χ0n) is 14.5. The molecule has 0 spiro atoms. The third kappa shape index (κ3) is 6.60. The highest BCUT2D eigenvalue weighted by Crippen LogP contribution is 2.24. The number of aryl methyl sites for hydroxylation is 1. The van der Waals surface area contributed by atoms with E-state index in [1.54, 1.807) is 0 Å². The lowest BCUT2D eigenvalue weighted by Crippen LogP contribution is -2.10. The van der Waals surface area contributed by atoms with Crippen molar-refractivity contribution < 1.29 is 0 Å². The van der Waals surface area contributed by atoms with Crippen LogP contribution in [0.15, 0.2) is 24.8 Å². The Morgan fingerprint density at radius 1 is 1.23 bits per heavy atom. The maximum absolute atomic E-state index is 7.83. The molecular weight excluding hydrogens is 266 g/mol. The summed E-state index contributed by atoms with van der Waals surface area (Å²) in [6.45, 7) is 15.0. The SMILES string of the molecule is C.C=C(C)c1ccc2c(c1)CCCC2=N.CCCC(C)(C)C. The minimum Gasteiger partial charge on any atom is -0.305 e. The van der Waals surface area contributed by atoms with Crippen LogP contribution >= 0.6 is 0 Å². The molecule has 1 heteroatoms. The number of rotatable bonds is 2. The van der Waals surface area contributed by atoms with E-state index >= 15 is 0 Å². The van der Waals surface area contributed by atoms with Crippen molar-refractivity contribution in [3.8, 4) is 0 Å². The standard InChI is InChI=1S/C13H15N.C7H16.CH4/c1-9(2)10-6-7-12-11(8-10)4-3-5-13(12)14;1-5-6-7(2,3)4;/h6-8,14H,1,3-5H2,2H3;5-6H2,1-4H3;1H4. The average molecular weight is 302 g/mol. The Bertz CT molecular complexity index is 503. The summed E-state index contributed by atoms with van der Waals surface area (Å²) in [5, 5.41) is 7.83. The summed E-state index contributed by atoms with van der Waals surface area (Å²) >= 11 is 0. The van der Waals surface area contributed by atoms with Crippen molar-refractivity contribution in [2.75, 3.05) is 0 Å². The van der Waals surface area contributed by atoms with Crippen LogP contribution in [0.1, 0.15) is 84.4 Å². The molecule has 1 aliphatic rings. The number of nitrogens with one attached hydrogen (secondary N) is 1. The summed E-state index contributed by atoms with van der Waals surface area (Å²) in [7, 11) is 0. The Morgan fingerprint density at radius 2 is 1.86 bits per heavy atom. The molecular formula is C21H35N. The molecule has 124 valence electrons. The van der Waals surface area contributed by atoms with Crippen LogP contribution in [0.3, 0.4) is 0 Å². The van der Waals surface area contributed by atoms with Crippen LogP contribution in [-0.4, -0.2) is 5.71 Å². The molecule has 2 rings (SSSR count). The highest BCUT2D eigenvalue weighted by molar-refractivity contribution is 6.00. The van der Waals surface area contributed by atoms with Gasteiger partial charge in [0.15, 0.2) is 0 Å². The average Bonchev–Trinajstić information content (AvgIpc) is 2.38. The number of fused-ring (bicyclic) bond motifs is 1. The van der Waals surface area contributed by atoms with E-state index in [1.165, 1.54) is 24.0 Å². The van der Waals surface area contributed by atoms with Gasteiger partial charge in [-0.2, -0.15) is 0 Å². The van der Waals surface area contributed by atoms with E-state index < -0.39 is 0 Å². The molecule has 0 fully saturated rings. The molecule has 0 heterocycles. The minimum atomic E-state index is 0. The molecule has 0 bridgehead atoms. The minimum absolute atomic E-state index is 0. The third-order valence-corrected chi connectivity index (χ3v) is 3.80. The van der Waals surface area contributed by atoms with Gasteiger partial charge >= 0.3 is 0 Å². The second-order valence-electron chi connectivity index (χ2n) is 7.30. The molecule has 0 unspecified atom stereocenters. The van der Waals surface area contributed by atoms with E-state index in [9.17, 15) is 0 Å². The second-order valence-corrected chi connectivity index (χ2v) is 7.30. The third-order valence-electron chi connectivity index (χ3n) is 3.80. The highest BCUT2D eigenvalue weighted by Gasteiger charge is 2.14. The van der Waals surface area contributed by atoms with Gasteiger partial charge in [-0.1, -0.05) is 71.9 Å². The van der Waals surface area contributed by atoms with Crippen LogP contribution < -0.4 is 0 Å². The van der Waals surface area contributed by atoms with Gasteiger partial charge in [0, 0.05) is 5.71 Å². The lowest BCUT2D eigenvalue weighted by atomic mass is 9.88. The van der Waals surface area contributed by atoms with Crippen molar-refractivity contribution in [2.45, 2.75) is 74.1 Å². The van der Waals surface area contributed by atoms with Gasteiger partial charge in [-0.05, 0) is 54.7 Å². The molecule has 22 heavy (non-hydrogen) atoms. The molecule has 0 radical (unpaired) electrons. The van der Waals surface area contributed by atoms with E-state index in [1.807, 2.05) is 6.92 Å². The lowest BCUT2D eigenvalue weighted by Gasteiger charge is -2.17. The topological polar surface area (TPSA) is 23.9 Å². The second kappa shape index (κ2) is 8.92. The smallest absolute Gasteiger partial charge is 0.0389 e. The summed E-state index contributed by atoms with van der Waals surface area (Å²) in [5.41, 5.74) is 6.11. The number of hydrogen-bond acceptors (Lipinski definition) is 1. The maximum atomic E-state index is 7.83. The van der Waals surface area contributed by atoms with Gasteiger partial charge in [-0.25, -0.2) is 0 Å². The molecule has 1 N–H and O–H groups in total. The summed E-state index contributed by atoms with van der Waals surface area (Å²) in [4.78, 5) is 0. The van der Waals surface area contributed by atoms with E-state index in [0.717, 1.165) is 36.1 Å². The Labute approximate surface area is 138 Å². The van der Waals surface area contributed by atoms with Gasteiger partial charge in [0.25, 0.3) is 0 Å². The first kappa shape index (κ1) is 20.6. The first-order chi connectivity index (χ1) is 9.74. The van der Waals surface area contributed by atoms with Gasteiger partial charge in [0.05, 0.1) is 0 Å². The summed E-state index contributed by atoms with van der Waals surface area (Å²) < 4.78 is 0. The number of benzene rings is 1. The van der Waals surface area contributed by atoms with Crippen molar-refractivity contribution in [1.29, 1.82) is 5.41 Å². The van der Waals surface area contributed by atoms with Crippen LogP contribution in [-0.2, 0) is 6.42 Å². The van der Waals surface area contributed by atoms with Gasteiger partial charge < -0.3 is 5.41 Å². The zero-order valence-corrected chi connectivity index (χ0v) is 14.5. The summed E-state index contributed by atoms with van der Waals surface area (Å²) in [6, 6.07) is 6.33. The first-order valence-corrected chi connectivity index (χ1v) is 8.11. The Hall–Kier alpha value is -1.37. The van der Waals surface area contributed by atoms with Crippen molar-refractivity contribution in [3.05, 3.63) is 41.5 Å². The Balaban J connectivity index is 0.000000478. The largest absolute Gasteiger partial charge is 0.305 e. The molecule has 0 amide bonds. The number of hydrogen-bond donors (Lipinski definition) is 1. The summed E-state index contributed by atoms with van der Waals surface area (Å²) in [6.07, 6.45) is 5.81. The van der Waals surface area contributed by atoms with Gasteiger partial charge in [0.2, 0.25) is 0 Å². The highest BCUT2D eigenvalue weighted by atomic mass is 14.4. The molecule has 0 saturated heterocycles. The van der Waals surface area contributed by atoms with Crippen LogP contribution in [0.5, 0.6) is 0 Å². The van der Waals surface area contributed by atoms with E-state index in [2.05, 4.69) is 52.5 Å². The van der Waals surface area contributed by atoms with E-state index in [-0.39, 0.29) is 7.43 Å². The molecule has 1 aromatic carbocycles. The maximum Gasteiger partial charge on any atom is 0.0389 e. The molecule has 1 aliphatic carbocycles. The fourth-order valence-electron chi connectivity index (χ4n) is 2.70. The Kier molecular flexibility index (Phi) is 8.37. The molecule has 0 aliphatic heterocycles. The monoisotopic (exact) mass is 301 g/mol. The summed E-state index contributed by atoms with van der Waals surface area (Å²) in [5.74, 6) is 0.